The topological polar surface area (TPSA) is 78.5 Å². The molecule has 1 aliphatic carbocycles. The molecular formula is C18H18N4O3. The second-order valence-electron chi connectivity index (χ2n) is 6.17. The Morgan fingerprint density at radius 1 is 1.20 bits per heavy atom. The highest BCUT2D eigenvalue weighted by Crippen LogP contribution is 2.17. The lowest BCUT2D eigenvalue weighted by Crippen LogP contribution is -2.50. The molecule has 1 unspecified atom stereocenters. The quantitative estimate of drug-likeness (QED) is 0.828. The molecule has 0 spiro atoms. The van der Waals surface area contributed by atoms with Crippen LogP contribution in [0, 0.1) is 5.92 Å². The van der Waals surface area contributed by atoms with Crippen molar-refractivity contribution in [3.8, 4) is 0 Å². The van der Waals surface area contributed by atoms with E-state index in [2.05, 4.69) is 14.9 Å². The molecule has 4 rings (SSSR count). The van der Waals surface area contributed by atoms with Crippen LogP contribution in [-0.2, 0) is 4.79 Å². The van der Waals surface area contributed by atoms with Crippen molar-refractivity contribution in [2.45, 2.75) is 0 Å². The number of carbonyl (C=O) groups is 2. The van der Waals surface area contributed by atoms with Crippen molar-refractivity contribution in [3.05, 3.63) is 48.5 Å². The highest BCUT2D eigenvalue weighted by Gasteiger charge is 2.28. The van der Waals surface area contributed by atoms with Gasteiger partial charge >= 0.3 is 0 Å². The van der Waals surface area contributed by atoms with Gasteiger partial charge in [0.1, 0.15) is 11.8 Å². The number of amides is 2. The Balaban J connectivity index is 1.35. The summed E-state index contributed by atoms with van der Waals surface area (Å²) in [6, 6.07) is 3.39. The number of fused-ring (bicyclic) bond motifs is 1. The Morgan fingerprint density at radius 2 is 2.04 bits per heavy atom. The van der Waals surface area contributed by atoms with Crippen molar-refractivity contribution in [3.63, 3.8) is 0 Å². The average molecular weight is 338 g/mol. The number of hydrogen-bond donors (Lipinski definition) is 0. The van der Waals surface area contributed by atoms with Gasteiger partial charge in [-0.05, 0) is 18.2 Å². The number of allylic oxidation sites excluding steroid dienone is 3. The Morgan fingerprint density at radius 3 is 2.80 bits per heavy atom. The SMILES string of the molecule is O=C1N=C(CN2CCN(C(=O)c3ccco3)CC2)N=C2C=CC=CC12. The van der Waals surface area contributed by atoms with E-state index in [-0.39, 0.29) is 17.7 Å². The molecule has 1 aromatic rings. The zero-order chi connectivity index (χ0) is 17.2. The smallest absolute Gasteiger partial charge is 0.289 e. The van der Waals surface area contributed by atoms with Gasteiger partial charge in [0.05, 0.1) is 18.5 Å². The summed E-state index contributed by atoms with van der Waals surface area (Å²) >= 11 is 0. The molecule has 128 valence electrons. The maximum Gasteiger partial charge on any atom is 0.289 e. The van der Waals surface area contributed by atoms with Gasteiger partial charge in [0.15, 0.2) is 5.76 Å². The summed E-state index contributed by atoms with van der Waals surface area (Å²) < 4.78 is 5.17. The summed E-state index contributed by atoms with van der Waals surface area (Å²) in [6.07, 6.45) is 8.91. The maximum atomic E-state index is 12.3. The van der Waals surface area contributed by atoms with Gasteiger partial charge in [-0.25, -0.2) is 4.99 Å². The van der Waals surface area contributed by atoms with Crippen molar-refractivity contribution < 1.29 is 14.0 Å². The maximum absolute atomic E-state index is 12.3. The molecule has 3 aliphatic rings. The number of furan rings is 1. The molecule has 1 saturated heterocycles. The Bertz CT molecular complexity index is 796. The summed E-state index contributed by atoms with van der Waals surface area (Å²) in [6.45, 7) is 3.17. The van der Waals surface area contributed by atoms with Crippen LogP contribution in [0.25, 0.3) is 0 Å². The lowest BCUT2D eigenvalue weighted by atomic mass is 9.96. The van der Waals surface area contributed by atoms with E-state index in [0.29, 0.717) is 44.3 Å². The van der Waals surface area contributed by atoms with E-state index >= 15 is 0 Å². The minimum atomic E-state index is -0.337. The van der Waals surface area contributed by atoms with Crippen LogP contribution in [-0.4, -0.2) is 65.9 Å². The van der Waals surface area contributed by atoms with Gasteiger partial charge in [0, 0.05) is 26.2 Å². The van der Waals surface area contributed by atoms with Crippen molar-refractivity contribution in [2.24, 2.45) is 15.9 Å². The average Bonchev–Trinajstić information content (AvgIpc) is 3.16. The van der Waals surface area contributed by atoms with Gasteiger partial charge in [-0.15, -0.1) is 0 Å². The minimum absolute atomic E-state index is 0.0861. The highest BCUT2D eigenvalue weighted by atomic mass is 16.3. The van der Waals surface area contributed by atoms with Crippen molar-refractivity contribution in [1.82, 2.24) is 9.80 Å². The fourth-order valence-electron chi connectivity index (χ4n) is 3.15. The summed E-state index contributed by atoms with van der Waals surface area (Å²) in [4.78, 5) is 37.0. The molecule has 0 radical (unpaired) electrons. The Labute approximate surface area is 145 Å². The molecule has 1 fully saturated rings. The van der Waals surface area contributed by atoms with Crippen molar-refractivity contribution >= 4 is 23.4 Å². The van der Waals surface area contributed by atoms with Crippen LogP contribution < -0.4 is 0 Å². The standard InChI is InChI=1S/C18H18N4O3/c23-17-13-4-1-2-5-14(13)19-16(20-17)12-21-7-9-22(10-8-21)18(24)15-6-3-11-25-15/h1-6,11,13H,7-10,12H2. The number of nitrogens with zero attached hydrogens (tertiary/aromatic N) is 4. The first-order valence-electron chi connectivity index (χ1n) is 8.31. The predicted octanol–water partition coefficient (Wildman–Crippen LogP) is 1.16. The molecule has 25 heavy (non-hydrogen) atoms. The second kappa shape index (κ2) is 6.60. The fourth-order valence-corrected chi connectivity index (χ4v) is 3.15. The van der Waals surface area contributed by atoms with Crippen LogP contribution in [0.15, 0.2) is 57.1 Å². The second-order valence-corrected chi connectivity index (χ2v) is 6.17. The van der Waals surface area contributed by atoms with Crippen LogP contribution in [0.5, 0.6) is 0 Å². The zero-order valence-corrected chi connectivity index (χ0v) is 13.7. The van der Waals surface area contributed by atoms with Gasteiger partial charge in [-0.1, -0.05) is 18.2 Å². The molecule has 7 heteroatoms. The Hall–Kier alpha value is -2.80. The Kier molecular flexibility index (Phi) is 4.15. The van der Waals surface area contributed by atoms with E-state index in [0.717, 1.165) is 5.71 Å². The first-order chi connectivity index (χ1) is 12.2. The predicted molar refractivity (Wildman–Crippen MR) is 92.7 cm³/mol. The van der Waals surface area contributed by atoms with E-state index in [1.807, 2.05) is 24.3 Å². The number of aliphatic imine (C=N–C) groups is 2. The highest BCUT2D eigenvalue weighted by molar-refractivity contribution is 6.21. The lowest BCUT2D eigenvalue weighted by molar-refractivity contribution is -0.118. The van der Waals surface area contributed by atoms with Crippen molar-refractivity contribution in [1.29, 1.82) is 0 Å². The largest absolute Gasteiger partial charge is 0.459 e. The number of carbonyl (C=O) groups excluding carboxylic acids is 2. The van der Waals surface area contributed by atoms with Crippen LogP contribution in [0.1, 0.15) is 10.6 Å². The number of amidine groups is 1. The summed E-state index contributed by atoms with van der Waals surface area (Å²) in [5.41, 5.74) is 0.754. The van der Waals surface area contributed by atoms with E-state index in [1.165, 1.54) is 6.26 Å². The summed E-state index contributed by atoms with van der Waals surface area (Å²) in [5, 5.41) is 0. The molecule has 7 nitrogen and oxygen atoms in total. The molecule has 0 N–H and O–H groups in total. The van der Waals surface area contributed by atoms with Gasteiger partial charge in [0.2, 0.25) is 0 Å². The number of piperazine rings is 1. The van der Waals surface area contributed by atoms with Crippen molar-refractivity contribution in [2.75, 3.05) is 32.7 Å². The lowest BCUT2D eigenvalue weighted by Gasteiger charge is -2.34. The van der Waals surface area contributed by atoms with Gasteiger partial charge in [-0.2, -0.15) is 4.99 Å². The molecule has 0 saturated carbocycles. The number of hydrogen-bond acceptors (Lipinski definition) is 5. The van der Waals surface area contributed by atoms with Gasteiger partial charge < -0.3 is 9.32 Å². The molecule has 2 amide bonds. The van der Waals surface area contributed by atoms with E-state index in [4.69, 9.17) is 4.42 Å². The van der Waals surface area contributed by atoms with Gasteiger partial charge in [-0.3, -0.25) is 14.5 Å². The van der Waals surface area contributed by atoms with Crippen LogP contribution in [0.3, 0.4) is 0 Å². The molecule has 1 atom stereocenters. The van der Waals surface area contributed by atoms with E-state index in [1.54, 1.807) is 17.0 Å². The zero-order valence-electron chi connectivity index (χ0n) is 13.7. The monoisotopic (exact) mass is 338 g/mol. The molecule has 0 aromatic carbocycles. The fraction of sp³-hybridized carbons (Fsp3) is 0.333. The third-order valence-electron chi connectivity index (χ3n) is 4.52. The number of rotatable bonds is 3. The third-order valence-corrected chi connectivity index (χ3v) is 4.52. The summed E-state index contributed by atoms with van der Waals surface area (Å²) in [5.74, 6) is 0.327. The first kappa shape index (κ1) is 15.7. The van der Waals surface area contributed by atoms with Crippen LogP contribution in [0.4, 0.5) is 0 Å². The van der Waals surface area contributed by atoms with Gasteiger partial charge in [0.25, 0.3) is 11.8 Å². The molecule has 3 heterocycles. The van der Waals surface area contributed by atoms with Crippen LogP contribution in [0.2, 0.25) is 0 Å². The minimum Gasteiger partial charge on any atom is -0.459 e. The molecule has 2 aliphatic heterocycles. The molecule has 1 aromatic heterocycles. The first-order valence-corrected chi connectivity index (χ1v) is 8.31. The third kappa shape index (κ3) is 3.23. The summed E-state index contributed by atoms with van der Waals surface area (Å²) in [7, 11) is 0. The molecule has 0 bridgehead atoms. The normalized spacial score (nSPS) is 23.3. The van der Waals surface area contributed by atoms with Crippen LogP contribution >= 0.6 is 0 Å². The van der Waals surface area contributed by atoms with E-state index in [9.17, 15) is 9.59 Å². The molecular weight excluding hydrogens is 320 g/mol. The van der Waals surface area contributed by atoms with E-state index < -0.39 is 0 Å².